The highest BCUT2D eigenvalue weighted by Crippen LogP contribution is 2.38. The summed E-state index contributed by atoms with van der Waals surface area (Å²) in [5, 5.41) is 12.3. The normalized spacial score (nSPS) is 18.9. The molecular formula is C12H14N2O2. The molecule has 2 N–H and O–H groups in total. The lowest BCUT2D eigenvalue weighted by molar-refractivity contribution is 0.0697. The van der Waals surface area contributed by atoms with E-state index in [0.29, 0.717) is 11.6 Å². The van der Waals surface area contributed by atoms with Crippen LogP contribution in [0.2, 0.25) is 0 Å². The molecule has 0 spiro atoms. The minimum Gasteiger partial charge on any atom is -0.478 e. The van der Waals surface area contributed by atoms with Crippen LogP contribution < -0.4 is 10.2 Å². The van der Waals surface area contributed by atoms with Crippen LogP contribution in [0, 0.1) is 0 Å². The number of hydrogen-bond donors (Lipinski definition) is 2. The van der Waals surface area contributed by atoms with Gasteiger partial charge in [0.1, 0.15) is 0 Å². The second-order valence-electron chi connectivity index (χ2n) is 4.39. The SMILES string of the molecule is O=C(O)c1ccc2c(c1)N(C1CC1)CCN2. The van der Waals surface area contributed by atoms with Crippen LogP contribution in [0.25, 0.3) is 0 Å². The number of carbonyl (C=O) groups is 1. The van der Waals surface area contributed by atoms with Gasteiger partial charge in [0, 0.05) is 19.1 Å². The number of benzene rings is 1. The molecule has 0 atom stereocenters. The second-order valence-corrected chi connectivity index (χ2v) is 4.39. The zero-order chi connectivity index (χ0) is 11.1. The van der Waals surface area contributed by atoms with Crippen LogP contribution in [-0.2, 0) is 0 Å². The van der Waals surface area contributed by atoms with Crippen LogP contribution >= 0.6 is 0 Å². The molecule has 0 saturated heterocycles. The van der Waals surface area contributed by atoms with E-state index in [1.54, 1.807) is 12.1 Å². The molecule has 1 saturated carbocycles. The van der Waals surface area contributed by atoms with Crippen molar-refractivity contribution in [1.82, 2.24) is 0 Å². The topological polar surface area (TPSA) is 52.6 Å². The van der Waals surface area contributed by atoms with Gasteiger partial charge in [0.25, 0.3) is 0 Å². The van der Waals surface area contributed by atoms with Gasteiger partial charge in [-0.3, -0.25) is 0 Å². The van der Waals surface area contributed by atoms with Crippen molar-refractivity contribution in [2.45, 2.75) is 18.9 Å². The molecule has 84 valence electrons. The van der Waals surface area contributed by atoms with Gasteiger partial charge in [-0.15, -0.1) is 0 Å². The maximum atomic E-state index is 10.9. The van der Waals surface area contributed by atoms with E-state index >= 15 is 0 Å². The van der Waals surface area contributed by atoms with Crippen molar-refractivity contribution in [3.63, 3.8) is 0 Å². The molecule has 0 radical (unpaired) electrons. The third-order valence-corrected chi connectivity index (χ3v) is 3.21. The fraction of sp³-hybridized carbons (Fsp3) is 0.417. The number of fused-ring (bicyclic) bond motifs is 1. The predicted molar refractivity (Wildman–Crippen MR) is 62.3 cm³/mol. The average Bonchev–Trinajstić information content (AvgIpc) is 3.11. The molecule has 1 aliphatic heterocycles. The smallest absolute Gasteiger partial charge is 0.335 e. The van der Waals surface area contributed by atoms with Crippen molar-refractivity contribution in [3.8, 4) is 0 Å². The van der Waals surface area contributed by atoms with Crippen LogP contribution in [0.5, 0.6) is 0 Å². The van der Waals surface area contributed by atoms with Crippen molar-refractivity contribution < 1.29 is 9.90 Å². The minimum absolute atomic E-state index is 0.369. The van der Waals surface area contributed by atoms with Gasteiger partial charge >= 0.3 is 5.97 Å². The third kappa shape index (κ3) is 1.50. The largest absolute Gasteiger partial charge is 0.478 e. The molecule has 0 unspecified atom stereocenters. The molecule has 3 rings (SSSR count). The van der Waals surface area contributed by atoms with Gasteiger partial charge in [-0.25, -0.2) is 4.79 Å². The summed E-state index contributed by atoms with van der Waals surface area (Å²) in [6, 6.07) is 5.94. The Balaban J connectivity index is 2.02. The molecule has 1 aromatic rings. The van der Waals surface area contributed by atoms with E-state index in [0.717, 1.165) is 24.5 Å². The van der Waals surface area contributed by atoms with Crippen LogP contribution in [0.4, 0.5) is 11.4 Å². The van der Waals surface area contributed by atoms with E-state index in [-0.39, 0.29) is 0 Å². The number of anilines is 2. The number of nitrogens with one attached hydrogen (secondary N) is 1. The maximum Gasteiger partial charge on any atom is 0.335 e. The molecule has 0 aromatic heterocycles. The van der Waals surface area contributed by atoms with Crippen molar-refractivity contribution in [2.75, 3.05) is 23.3 Å². The van der Waals surface area contributed by atoms with Gasteiger partial charge in [-0.05, 0) is 31.0 Å². The Kier molecular flexibility index (Phi) is 2.02. The number of rotatable bonds is 2. The van der Waals surface area contributed by atoms with Gasteiger partial charge in [-0.2, -0.15) is 0 Å². The fourth-order valence-electron chi connectivity index (χ4n) is 2.25. The first kappa shape index (κ1) is 9.51. The Labute approximate surface area is 93.9 Å². The molecule has 1 fully saturated rings. The quantitative estimate of drug-likeness (QED) is 0.794. The standard InChI is InChI=1S/C12H14N2O2/c15-12(16)8-1-4-10-11(7-8)14(6-5-13-10)9-2-3-9/h1,4,7,9,13H,2-3,5-6H2,(H,15,16). The average molecular weight is 218 g/mol. The zero-order valence-corrected chi connectivity index (χ0v) is 8.94. The molecular weight excluding hydrogens is 204 g/mol. The molecule has 16 heavy (non-hydrogen) atoms. The molecule has 0 bridgehead atoms. The van der Waals surface area contributed by atoms with Crippen molar-refractivity contribution in [3.05, 3.63) is 23.8 Å². The summed E-state index contributed by atoms with van der Waals surface area (Å²) < 4.78 is 0. The summed E-state index contributed by atoms with van der Waals surface area (Å²) >= 11 is 0. The van der Waals surface area contributed by atoms with E-state index in [1.165, 1.54) is 12.8 Å². The summed E-state index contributed by atoms with van der Waals surface area (Å²) in [6.45, 7) is 1.91. The number of carboxylic acid groups (broad SMARTS) is 1. The number of carboxylic acids is 1. The summed E-state index contributed by atoms with van der Waals surface area (Å²) in [7, 11) is 0. The molecule has 0 amide bonds. The number of hydrogen-bond acceptors (Lipinski definition) is 3. The molecule has 1 aliphatic carbocycles. The Hall–Kier alpha value is -1.71. The lowest BCUT2D eigenvalue weighted by Crippen LogP contribution is -2.35. The summed E-state index contributed by atoms with van der Waals surface area (Å²) in [5.41, 5.74) is 2.48. The van der Waals surface area contributed by atoms with Crippen LogP contribution in [0.1, 0.15) is 23.2 Å². The Morgan fingerprint density at radius 1 is 1.44 bits per heavy atom. The number of nitrogens with zero attached hydrogens (tertiary/aromatic N) is 1. The van der Waals surface area contributed by atoms with Gasteiger partial charge < -0.3 is 15.3 Å². The first-order valence-corrected chi connectivity index (χ1v) is 5.63. The molecule has 4 heteroatoms. The maximum absolute atomic E-state index is 10.9. The Morgan fingerprint density at radius 2 is 2.25 bits per heavy atom. The summed E-state index contributed by atoms with van der Waals surface area (Å²) in [6.07, 6.45) is 2.47. The molecule has 4 nitrogen and oxygen atoms in total. The summed E-state index contributed by atoms with van der Waals surface area (Å²) in [4.78, 5) is 13.3. The van der Waals surface area contributed by atoms with Crippen LogP contribution in [0.3, 0.4) is 0 Å². The fourth-order valence-corrected chi connectivity index (χ4v) is 2.25. The lowest BCUT2D eigenvalue weighted by Gasteiger charge is -2.32. The van der Waals surface area contributed by atoms with E-state index < -0.39 is 5.97 Å². The Morgan fingerprint density at radius 3 is 2.94 bits per heavy atom. The van der Waals surface area contributed by atoms with Gasteiger partial charge in [0.15, 0.2) is 0 Å². The van der Waals surface area contributed by atoms with E-state index in [1.807, 2.05) is 6.07 Å². The first-order chi connectivity index (χ1) is 7.75. The van der Waals surface area contributed by atoms with Crippen molar-refractivity contribution in [1.29, 1.82) is 0 Å². The van der Waals surface area contributed by atoms with E-state index in [2.05, 4.69) is 10.2 Å². The first-order valence-electron chi connectivity index (χ1n) is 5.63. The second kappa shape index (κ2) is 3.40. The molecule has 2 aliphatic rings. The van der Waals surface area contributed by atoms with Crippen molar-refractivity contribution in [2.24, 2.45) is 0 Å². The monoisotopic (exact) mass is 218 g/mol. The van der Waals surface area contributed by atoms with E-state index in [4.69, 9.17) is 5.11 Å². The highest BCUT2D eigenvalue weighted by molar-refractivity contribution is 5.91. The summed E-state index contributed by atoms with van der Waals surface area (Å²) in [5.74, 6) is -0.857. The van der Waals surface area contributed by atoms with Crippen LogP contribution in [-0.4, -0.2) is 30.2 Å². The highest BCUT2D eigenvalue weighted by Gasteiger charge is 2.32. The number of aromatic carboxylic acids is 1. The van der Waals surface area contributed by atoms with Gasteiger partial charge in [0.2, 0.25) is 0 Å². The highest BCUT2D eigenvalue weighted by atomic mass is 16.4. The Bertz CT molecular complexity index is 441. The lowest BCUT2D eigenvalue weighted by atomic mass is 10.1. The van der Waals surface area contributed by atoms with Crippen LogP contribution in [0.15, 0.2) is 18.2 Å². The molecule has 1 aromatic carbocycles. The van der Waals surface area contributed by atoms with E-state index in [9.17, 15) is 4.79 Å². The van der Waals surface area contributed by atoms with Gasteiger partial charge in [0.05, 0.1) is 16.9 Å². The zero-order valence-electron chi connectivity index (χ0n) is 8.94. The minimum atomic E-state index is -0.857. The molecule has 1 heterocycles. The third-order valence-electron chi connectivity index (χ3n) is 3.21. The van der Waals surface area contributed by atoms with Crippen molar-refractivity contribution >= 4 is 17.3 Å². The predicted octanol–water partition coefficient (Wildman–Crippen LogP) is 1.78. The van der Waals surface area contributed by atoms with Gasteiger partial charge in [-0.1, -0.05) is 0 Å².